The molecule has 0 radical (unpaired) electrons. The summed E-state index contributed by atoms with van der Waals surface area (Å²) in [6.07, 6.45) is 3.97. The molecule has 68 valence electrons. The van der Waals surface area contributed by atoms with Gasteiger partial charge in [-0.1, -0.05) is 56.5 Å². The van der Waals surface area contributed by atoms with Crippen molar-refractivity contribution in [2.45, 2.75) is 51.8 Å². The molecule has 0 saturated heterocycles. The molecule has 2 unspecified atom stereocenters. The van der Waals surface area contributed by atoms with Gasteiger partial charge < -0.3 is 0 Å². The van der Waals surface area contributed by atoms with Crippen LogP contribution in [-0.4, -0.2) is 4.83 Å². The van der Waals surface area contributed by atoms with Gasteiger partial charge in [0.2, 0.25) is 0 Å². The van der Waals surface area contributed by atoms with Crippen molar-refractivity contribution in [3.63, 3.8) is 0 Å². The molecule has 2 atom stereocenters. The highest BCUT2D eigenvalue weighted by molar-refractivity contribution is 9.09. The maximum Gasteiger partial charge on any atom is 0.0120 e. The van der Waals surface area contributed by atoms with Crippen LogP contribution in [0.1, 0.15) is 47.0 Å². The van der Waals surface area contributed by atoms with E-state index in [0.29, 0.717) is 4.83 Å². The molecule has 0 spiro atoms. The molecule has 0 N–H and O–H groups in total. The van der Waals surface area contributed by atoms with Crippen LogP contribution in [0.3, 0.4) is 0 Å². The fourth-order valence-electron chi connectivity index (χ4n) is 1.80. The summed E-state index contributed by atoms with van der Waals surface area (Å²) in [5.74, 6) is 1.80. The Kier molecular flexibility index (Phi) is 6.31. The second-order valence-electron chi connectivity index (χ2n) is 3.57. The summed E-state index contributed by atoms with van der Waals surface area (Å²) in [6.45, 7) is 9.20. The Balaban J connectivity index is 3.68. The lowest BCUT2D eigenvalue weighted by Gasteiger charge is -2.22. The molecule has 0 amide bonds. The normalized spacial score (nSPS) is 16.9. The summed E-state index contributed by atoms with van der Waals surface area (Å²) < 4.78 is 0. The SMILES string of the molecule is CCC(CC)C(C)CC(C)Br. The maximum absolute atomic E-state index is 3.60. The lowest BCUT2D eigenvalue weighted by Crippen LogP contribution is -2.12. The first-order valence-electron chi connectivity index (χ1n) is 4.75. The second-order valence-corrected chi connectivity index (χ2v) is 5.13. The number of halogens is 1. The van der Waals surface area contributed by atoms with E-state index < -0.39 is 0 Å². The predicted octanol–water partition coefficient (Wildman–Crippen LogP) is 4.23. The average Bonchev–Trinajstić information content (AvgIpc) is 1.88. The first-order valence-corrected chi connectivity index (χ1v) is 5.67. The highest BCUT2D eigenvalue weighted by Gasteiger charge is 2.14. The van der Waals surface area contributed by atoms with Crippen molar-refractivity contribution in [3.05, 3.63) is 0 Å². The first kappa shape index (κ1) is 11.5. The molecule has 0 aromatic rings. The van der Waals surface area contributed by atoms with Crippen molar-refractivity contribution in [1.82, 2.24) is 0 Å². The fourth-order valence-corrected chi connectivity index (χ4v) is 2.39. The van der Waals surface area contributed by atoms with E-state index in [2.05, 4.69) is 43.6 Å². The van der Waals surface area contributed by atoms with Crippen LogP contribution >= 0.6 is 15.9 Å². The third kappa shape index (κ3) is 4.84. The molecule has 0 bridgehead atoms. The topological polar surface area (TPSA) is 0 Å². The Hall–Kier alpha value is 0.480. The summed E-state index contributed by atoms with van der Waals surface area (Å²) in [5.41, 5.74) is 0. The smallest absolute Gasteiger partial charge is 0.0120 e. The Morgan fingerprint density at radius 1 is 1.09 bits per heavy atom. The average molecular weight is 221 g/mol. The summed E-state index contributed by atoms with van der Waals surface area (Å²) >= 11 is 3.60. The van der Waals surface area contributed by atoms with Crippen LogP contribution in [0.2, 0.25) is 0 Å². The van der Waals surface area contributed by atoms with Crippen LogP contribution in [0, 0.1) is 11.8 Å². The van der Waals surface area contributed by atoms with E-state index in [0.717, 1.165) is 11.8 Å². The van der Waals surface area contributed by atoms with E-state index in [-0.39, 0.29) is 0 Å². The van der Waals surface area contributed by atoms with Gasteiger partial charge in [-0.2, -0.15) is 0 Å². The molecule has 1 heteroatoms. The highest BCUT2D eigenvalue weighted by Crippen LogP contribution is 2.25. The van der Waals surface area contributed by atoms with Gasteiger partial charge in [0.1, 0.15) is 0 Å². The largest absolute Gasteiger partial charge is 0.0894 e. The standard InChI is InChI=1S/C10H21Br/c1-5-10(6-2)8(3)7-9(4)11/h8-10H,5-7H2,1-4H3. The molecule has 0 aromatic heterocycles. The van der Waals surface area contributed by atoms with Crippen LogP contribution in [-0.2, 0) is 0 Å². The molecule has 11 heavy (non-hydrogen) atoms. The van der Waals surface area contributed by atoms with Crippen LogP contribution < -0.4 is 0 Å². The quantitative estimate of drug-likeness (QED) is 0.609. The summed E-state index contributed by atoms with van der Waals surface area (Å²) in [7, 11) is 0. The minimum absolute atomic E-state index is 0.679. The summed E-state index contributed by atoms with van der Waals surface area (Å²) in [6, 6.07) is 0. The third-order valence-corrected chi connectivity index (χ3v) is 2.92. The van der Waals surface area contributed by atoms with E-state index in [4.69, 9.17) is 0 Å². The Labute approximate surface area is 79.9 Å². The van der Waals surface area contributed by atoms with Gasteiger partial charge in [-0.3, -0.25) is 0 Å². The number of hydrogen-bond acceptors (Lipinski definition) is 0. The van der Waals surface area contributed by atoms with Crippen LogP contribution in [0.15, 0.2) is 0 Å². The molecule has 0 aliphatic heterocycles. The number of rotatable bonds is 5. The van der Waals surface area contributed by atoms with Crippen molar-refractivity contribution >= 4 is 15.9 Å². The van der Waals surface area contributed by atoms with Gasteiger partial charge in [0.15, 0.2) is 0 Å². The van der Waals surface area contributed by atoms with Gasteiger partial charge >= 0.3 is 0 Å². The zero-order chi connectivity index (χ0) is 8.85. The fraction of sp³-hybridized carbons (Fsp3) is 1.00. The zero-order valence-corrected chi connectivity index (χ0v) is 9.82. The van der Waals surface area contributed by atoms with E-state index >= 15 is 0 Å². The second kappa shape index (κ2) is 6.05. The van der Waals surface area contributed by atoms with E-state index in [9.17, 15) is 0 Å². The van der Waals surface area contributed by atoms with Crippen molar-refractivity contribution < 1.29 is 0 Å². The third-order valence-electron chi connectivity index (χ3n) is 2.55. The predicted molar refractivity (Wildman–Crippen MR) is 56.2 cm³/mol. The number of alkyl halides is 1. The van der Waals surface area contributed by atoms with Crippen LogP contribution in [0.4, 0.5) is 0 Å². The van der Waals surface area contributed by atoms with Gasteiger partial charge in [0.05, 0.1) is 0 Å². The number of hydrogen-bond donors (Lipinski definition) is 0. The van der Waals surface area contributed by atoms with E-state index in [1.54, 1.807) is 0 Å². The van der Waals surface area contributed by atoms with Gasteiger partial charge in [-0.05, 0) is 18.3 Å². The molecule has 0 heterocycles. The maximum atomic E-state index is 3.60. The Morgan fingerprint density at radius 3 is 1.82 bits per heavy atom. The van der Waals surface area contributed by atoms with Gasteiger partial charge in [-0.15, -0.1) is 0 Å². The van der Waals surface area contributed by atoms with E-state index in [1.807, 2.05) is 0 Å². The van der Waals surface area contributed by atoms with Gasteiger partial charge in [0, 0.05) is 4.83 Å². The Bertz CT molecular complexity index is 84.9. The molecule has 0 aliphatic carbocycles. The molecular weight excluding hydrogens is 200 g/mol. The van der Waals surface area contributed by atoms with Crippen LogP contribution in [0.5, 0.6) is 0 Å². The molecule has 0 fully saturated rings. The van der Waals surface area contributed by atoms with Crippen molar-refractivity contribution in [1.29, 1.82) is 0 Å². The lowest BCUT2D eigenvalue weighted by atomic mass is 9.86. The first-order chi connectivity index (χ1) is 5.11. The molecule has 0 aromatic carbocycles. The molecular formula is C10H21Br. The molecule has 0 aliphatic rings. The monoisotopic (exact) mass is 220 g/mol. The summed E-state index contributed by atoms with van der Waals surface area (Å²) in [4.78, 5) is 0.679. The molecule has 0 saturated carbocycles. The lowest BCUT2D eigenvalue weighted by molar-refractivity contribution is 0.320. The zero-order valence-electron chi connectivity index (χ0n) is 8.23. The van der Waals surface area contributed by atoms with Crippen molar-refractivity contribution in [2.75, 3.05) is 0 Å². The van der Waals surface area contributed by atoms with E-state index in [1.165, 1.54) is 19.3 Å². The van der Waals surface area contributed by atoms with Gasteiger partial charge in [-0.25, -0.2) is 0 Å². The van der Waals surface area contributed by atoms with Crippen molar-refractivity contribution in [3.8, 4) is 0 Å². The minimum Gasteiger partial charge on any atom is -0.0894 e. The molecule has 0 rings (SSSR count). The minimum atomic E-state index is 0.679. The van der Waals surface area contributed by atoms with Crippen LogP contribution in [0.25, 0.3) is 0 Å². The molecule has 0 nitrogen and oxygen atoms in total. The van der Waals surface area contributed by atoms with Gasteiger partial charge in [0.25, 0.3) is 0 Å². The van der Waals surface area contributed by atoms with Crippen molar-refractivity contribution in [2.24, 2.45) is 11.8 Å². The Morgan fingerprint density at radius 2 is 1.55 bits per heavy atom. The highest BCUT2D eigenvalue weighted by atomic mass is 79.9. The summed E-state index contributed by atoms with van der Waals surface area (Å²) in [5, 5.41) is 0.